The molecule has 0 heterocycles. The normalized spacial score (nSPS) is 26.0. The van der Waals surface area contributed by atoms with Crippen molar-refractivity contribution in [2.24, 2.45) is 11.7 Å². The van der Waals surface area contributed by atoms with Crippen LogP contribution in [-0.4, -0.2) is 11.0 Å². The average molecular weight is 206 g/mol. The Kier molecular flexibility index (Phi) is 2.44. The van der Waals surface area contributed by atoms with E-state index in [-0.39, 0.29) is 16.7 Å². The molecular formula is C11H14N2O2. The van der Waals surface area contributed by atoms with Crippen LogP contribution >= 0.6 is 0 Å². The topological polar surface area (TPSA) is 69.2 Å². The first-order chi connectivity index (χ1) is 7.09. The molecule has 15 heavy (non-hydrogen) atoms. The summed E-state index contributed by atoms with van der Waals surface area (Å²) in [5.74, 6) is 0.914. The molecule has 4 nitrogen and oxygen atoms in total. The maximum absolute atomic E-state index is 10.6. The zero-order chi connectivity index (χ0) is 11.0. The van der Waals surface area contributed by atoms with Crippen molar-refractivity contribution in [2.75, 3.05) is 0 Å². The predicted molar refractivity (Wildman–Crippen MR) is 57.6 cm³/mol. The van der Waals surface area contributed by atoms with E-state index in [1.54, 1.807) is 12.1 Å². The molecule has 0 amide bonds. The van der Waals surface area contributed by atoms with Crippen LogP contribution in [-0.2, 0) is 0 Å². The molecule has 0 saturated heterocycles. The van der Waals surface area contributed by atoms with Crippen LogP contribution in [0.2, 0.25) is 0 Å². The van der Waals surface area contributed by atoms with E-state index in [1.165, 1.54) is 6.07 Å². The van der Waals surface area contributed by atoms with E-state index >= 15 is 0 Å². The Hall–Kier alpha value is -1.42. The van der Waals surface area contributed by atoms with Crippen molar-refractivity contribution in [1.29, 1.82) is 0 Å². The fraction of sp³-hybridized carbons (Fsp3) is 0.455. The van der Waals surface area contributed by atoms with Gasteiger partial charge in [0.25, 0.3) is 5.69 Å². The standard InChI is InChI=1S/C11H14N2O2/c1-7(12)10-6-11(10)8-3-2-4-9(5-8)13(14)15/h2-5,7,10-11H,6,12H2,1H3. The first-order valence-electron chi connectivity index (χ1n) is 5.09. The Bertz CT molecular complexity index is 390. The van der Waals surface area contributed by atoms with Crippen LogP contribution < -0.4 is 5.73 Å². The summed E-state index contributed by atoms with van der Waals surface area (Å²) < 4.78 is 0. The highest BCUT2D eigenvalue weighted by Crippen LogP contribution is 2.49. The van der Waals surface area contributed by atoms with Gasteiger partial charge < -0.3 is 5.73 Å². The fourth-order valence-electron chi connectivity index (χ4n) is 2.05. The number of nitro benzene ring substituents is 1. The van der Waals surface area contributed by atoms with Gasteiger partial charge in [-0.1, -0.05) is 12.1 Å². The Labute approximate surface area is 88.2 Å². The van der Waals surface area contributed by atoms with Crippen molar-refractivity contribution in [3.8, 4) is 0 Å². The molecule has 80 valence electrons. The van der Waals surface area contributed by atoms with Crippen molar-refractivity contribution in [3.63, 3.8) is 0 Å². The number of hydrogen-bond donors (Lipinski definition) is 1. The van der Waals surface area contributed by atoms with Gasteiger partial charge in [0.1, 0.15) is 0 Å². The lowest BCUT2D eigenvalue weighted by Crippen LogP contribution is -2.17. The molecule has 3 atom stereocenters. The first-order valence-corrected chi connectivity index (χ1v) is 5.09. The van der Waals surface area contributed by atoms with E-state index in [2.05, 4.69) is 0 Å². The summed E-state index contributed by atoms with van der Waals surface area (Å²) in [4.78, 5) is 10.2. The van der Waals surface area contributed by atoms with E-state index in [4.69, 9.17) is 5.73 Å². The highest BCUT2D eigenvalue weighted by Gasteiger charge is 2.40. The number of nitrogens with zero attached hydrogens (tertiary/aromatic N) is 1. The molecule has 1 aliphatic rings. The van der Waals surface area contributed by atoms with Gasteiger partial charge in [-0.3, -0.25) is 10.1 Å². The molecule has 0 spiro atoms. The third-order valence-corrected chi connectivity index (χ3v) is 3.02. The predicted octanol–water partition coefficient (Wildman–Crippen LogP) is 2.05. The van der Waals surface area contributed by atoms with Gasteiger partial charge in [-0.05, 0) is 30.7 Å². The van der Waals surface area contributed by atoms with Gasteiger partial charge >= 0.3 is 0 Å². The van der Waals surface area contributed by atoms with Crippen LogP contribution in [0.25, 0.3) is 0 Å². The van der Waals surface area contributed by atoms with Crippen molar-refractivity contribution in [3.05, 3.63) is 39.9 Å². The lowest BCUT2D eigenvalue weighted by atomic mass is 10.1. The van der Waals surface area contributed by atoms with E-state index in [9.17, 15) is 10.1 Å². The van der Waals surface area contributed by atoms with Gasteiger partial charge in [-0.2, -0.15) is 0 Å². The molecule has 2 N–H and O–H groups in total. The molecule has 2 rings (SSSR count). The van der Waals surface area contributed by atoms with Crippen molar-refractivity contribution < 1.29 is 4.92 Å². The van der Waals surface area contributed by atoms with Gasteiger partial charge in [0, 0.05) is 18.2 Å². The highest BCUT2D eigenvalue weighted by molar-refractivity contribution is 5.38. The van der Waals surface area contributed by atoms with E-state index in [0.717, 1.165) is 12.0 Å². The summed E-state index contributed by atoms with van der Waals surface area (Å²) in [6, 6.07) is 7.04. The molecule has 1 aliphatic carbocycles. The third-order valence-electron chi connectivity index (χ3n) is 3.02. The molecule has 4 heteroatoms. The van der Waals surface area contributed by atoms with Gasteiger partial charge in [0.2, 0.25) is 0 Å². The van der Waals surface area contributed by atoms with E-state index in [0.29, 0.717) is 11.8 Å². The summed E-state index contributed by atoms with van der Waals surface area (Å²) in [6.07, 6.45) is 1.05. The third kappa shape index (κ3) is 1.99. The zero-order valence-corrected chi connectivity index (χ0v) is 8.59. The minimum atomic E-state index is -0.354. The Balaban J connectivity index is 2.17. The minimum Gasteiger partial charge on any atom is -0.328 e. The number of non-ortho nitro benzene ring substituents is 1. The maximum atomic E-state index is 10.6. The highest BCUT2D eigenvalue weighted by atomic mass is 16.6. The second kappa shape index (κ2) is 3.62. The SMILES string of the molecule is CC(N)C1CC1c1cccc([N+](=O)[O-])c1. The van der Waals surface area contributed by atoms with Gasteiger partial charge in [-0.15, -0.1) is 0 Å². The monoisotopic (exact) mass is 206 g/mol. The van der Waals surface area contributed by atoms with Crippen LogP contribution in [0.1, 0.15) is 24.8 Å². The molecule has 0 aromatic heterocycles. The first kappa shape index (κ1) is 10.1. The lowest BCUT2D eigenvalue weighted by molar-refractivity contribution is -0.384. The summed E-state index contributed by atoms with van der Waals surface area (Å²) in [7, 11) is 0. The van der Waals surface area contributed by atoms with Crippen LogP contribution in [0.15, 0.2) is 24.3 Å². The van der Waals surface area contributed by atoms with E-state index < -0.39 is 0 Å². The van der Waals surface area contributed by atoms with Crippen LogP contribution in [0.3, 0.4) is 0 Å². The van der Waals surface area contributed by atoms with Crippen LogP contribution in [0, 0.1) is 16.0 Å². The Morgan fingerprint density at radius 3 is 2.87 bits per heavy atom. The minimum absolute atomic E-state index is 0.169. The molecule has 1 fully saturated rings. The van der Waals surface area contributed by atoms with Crippen LogP contribution in [0.4, 0.5) is 5.69 Å². The molecule has 0 bridgehead atoms. The Morgan fingerprint density at radius 1 is 1.60 bits per heavy atom. The van der Waals surface area contributed by atoms with E-state index in [1.807, 2.05) is 13.0 Å². The summed E-state index contributed by atoms with van der Waals surface area (Å²) >= 11 is 0. The number of benzene rings is 1. The molecule has 1 aromatic rings. The number of nitrogens with two attached hydrogens (primary N) is 1. The molecular weight excluding hydrogens is 192 g/mol. The molecule has 1 saturated carbocycles. The molecule has 0 aliphatic heterocycles. The van der Waals surface area contributed by atoms with Gasteiger partial charge in [-0.25, -0.2) is 0 Å². The quantitative estimate of drug-likeness (QED) is 0.607. The van der Waals surface area contributed by atoms with Crippen molar-refractivity contribution >= 4 is 5.69 Å². The smallest absolute Gasteiger partial charge is 0.269 e. The molecule has 0 radical (unpaired) electrons. The summed E-state index contributed by atoms with van der Waals surface area (Å²) in [6.45, 7) is 1.99. The summed E-state index contributed by atoms with van der Waals surface area (Å²) in [5, 5.41) is 10.6. The second-order valence-electron chi connectivity index (χ2n) is 4.22. The molecule has 1 aromatic carbocycles. The molecule has 3 unspecified atom stereocenters. The van der Waals surface area contributed by atoms with Crippen LogP contribution in [0.5, 0.6) is 0 Å². The van der Waals surface area contributed by atoms with Crippen molar-refractivity contribution in [1.82, 2.24) is 0 Å². The fourth-order valence-corrected chi connectivity index (χ4v) is 2.05. The van der Waals surface area contributed by atoms with Gasteiger partial charge in [0.05, 0.1) is 4.92 Å². The number of nitro groups is 1. The van der Waals surface area contributed by atoms with Crippen molar-refractivity contribution in [2.45, 2.75) is 25.3 Å². The zero-order valence-electron chi connectivity index (χ0n) is 8.59. The largest absolute Gasteiger partial charge is 0.328 e. The summed E-state index contributed by atoms with van der Waals surface area (Å²) in [5.41, 5.74) is 7.01. The number of rotatable bonds is 3. The number of hydrogen-bond acceptors (Lipinski definition) is 3. The maximum Gasteiger partial charge on any atom is 0.269 e. The average Bonchev–Trinajstić information content (AvgIpc) is 2.97. The lowest BCUT2D eigenvalue weighted by Gasteiger charge is -2.03. The van der Waals surface area contributed by atoms with Gasteiger partial charge in [0.15, 0.2) is 0 Å². The Morgan fingerprint density at radius 2 is 2.33 bits per heavy atom. The second-order valence-corrected chi connectivity index (χ2v) is 4.22.